The van der Waals surface area contributed by atoms with Crippen LogP contribution in [0.5, 0.6) is 0 Å². The predicted molar refractivity (Wildman–Crippen MR) is 35.2 cm³/mol. The first-order valence-electron chi connectivity index (χ1n) is 3.28. The number of aliphatic imine (C=N–C) groups is 1. The molecule has 0 N–H and O–H groups in total. The molecule has 0 aromatic heterocycles. The van der Waals surface area contributed by atoms with Gasteiger partial charge in [0.25, 0.3) is 0 Å². The fourth-order valence-corrected chi connectivity index (χ4v) is 1.47. The molecule has 53 valence electrons. The molecule has 0 saturated carbocycles. The van der Waals surface area contributed by atoms with Crippen molar-refractivity contribution in [1.29, 1.82) is 0 Å². The van der Waals surface area contributed by atoms with Crippen molar-refractivity contribution in [2.75, 3.05) is 0 Å². The van der Waals surface area contributed by atoms with Crippen LogP contribution in [-0.2, 0) is 23.3 Å². The number of nitrogens with zero attached hydrogens (tertiary/aromatic N) is 1. The molecular weight excluding hydrogens is 165 g/mol. The molecule has 3 unspecified atom stereocenters. The van der Waals surface area contributed by atoms with Gasteiger partial charge >= 0.3 is 18.6 Å². The van der Waals surface area contributed by atoms with Gasteiger partial charge in [-0.25, -0.2) is 0 Å². The van der Waals surface area contributed by atoms with Gasteiger partial charge in [-0.2, -0.15) is 0 Å². The van der Waals surface area contributed by atoms with Crippen LogP contribution in [0.1, 0.15) is 13.8 Å². The summed E-state index contributed by atoms with van der Waals surface area (Å²) in [4.78, 5) is 4.18. The summed E-state index contributed by atoms with van der Waals surface area (Å²) in [5.41, 5.74) is -0.135. The number of ether oxygens (including phenoxy) is 1. The maximum Gasteiger partial charge on any atom is 2.00 e. The number of hydrogen-bond donors (Lipinski definition) is 0. The standard InChI is InChI=1S/C7H10NO.V/c1-5-3-7(2)4-8-6(5)9-7;/h3-6H,1-2H3;/q-1;+2. The van der Waals surface area contributed by atoms with Gasteiger partial charge in [-0.3, -0.25) is 11.4 Å². The summed E-state index contributed by atoms with van der Waals surface area (Å²) >= 11 is 0. The molecule has 0 aromatic carbocycles. The molecule has 2 heterocycles. The molecule has 10 heavy (non-hydrogen) atoms. The molecule has 2 nitrogen and oxygen atoms in total. The summed E-state index contributed by atoms with van der Waals surface area (Å²) < 4.78 is 5.49. The normalized spacial score (nSPS) is 49.4. The van der Waals surface area contributed by atoms with E-state index >= 15 is 0 Å². The van der Waals surface area contributed by atoms with Gasteiger partial charge in [0.2, 0.25) is 0 Å². The minimum absolute atomic E-state index is 0. The van der Waals surface area contributed by atoms with Crippen LogP contribution in [0.4, 0.5) is 0 Å². The molecule has 2 rings (SSSR count). The first kappa shape index (κ1) is 8.31. The number of hydrogen-bond acceptors (Lipinski definition) is 2. The fourth-order valence-electron chi connectivity index (χ4n) is 1.47. The molecular formula is C7H10NOV+. The van der Waals surface area contributed by atoms with Gasteiger partial charge in [-0.1, -0.05) is 13.8 Å². The van der Waals surface area contributed by atoms with Crippen LogP contribution in [-0.4, -0.2) is 18.0 Å². The van der Waals surface area contributed by atoms with Gasteiger partial charge in [-0.05, 0) is 5.60 Å². The molecule has 2 bridgehead atoms. The fraction of sp³-hybridized carbons (Fsp3) is 0.714. The molecule has 1 saturated heterocycles. The van der Waals surface area contributed by atoms with Crippen LogP contribution >= 0.6 is 0 Å². The molecule has 2 aliphatic rings. The molecule has 3 atom stereocenters. The second kappa shape index (κ2) is 2.36. The van der Waals surface area contributed by atoms with E-state index in [9.17, 15) is 0 Å². The first-order chi connectivity index (χ1) is 4.20. The Morgan fingerprint density at radius 1 is 1.70 bits per heavy atom. The van der Waals surface area contributed by atoms with E-state index in [0.717, 1.165) is 0 Å². The number of rotatable bonds is 0. The van der Waals surface area contributed by atoms with Crippen LogP contribution < -0.4 is 0 Å². The van der Waals surface area contributed by atoms with Crippen LogP contribution in [0.2, 0.25) is 0 Å². The second-order valence-corrected chi connectivity index (χ2v) is 3.00. The second-order valence-electron chi connectivity index (χ2n) is 3.00. The number of fused-ring (bicyclic) bond motifs is 2. The van der Waals surface area contributed by atoms with Gasteiger partial charge in [0.15, 0.2) is 0 Å². The van der Waals surface area contributed by atoms with E-state index in [1.54, 1.807) is 0 Å². The molecule has 1 fully saturated rings. The first-order valence-corrected chi connectivity index (χ1v) is 3.28. The van der Waals surface area contributed by atoms with Crippen LogP contribution in [0.25, 0.3) is 0 Å². The Balaban J connectivity index is 0.000000500. The van der Waals surface area contributed by atoms with Gasteiger partial charge in [0.1, 0.15) is 6.23 Å². The van der Waals surface area contributed by atoms with Crippen molar-refractivity contribution >= 4 is 6.21 Å². The van der Waals surface area contributed by atoms with Gasteiger partial charge < -0.3 is 4.74 Å². The quantitative estimate of drug-likeness (QED) is 0.504. The molecule has 0 spiro atoms. The van der Waals surface area contributed by atoms with E-state index in [4.69, 9.17) is 4.74 Å². The maximum atomic E-state index is 5.49. The summed E-state index contributed by atoms with van der Waals surface area (Å²) in [5.74, 6) is 0.500. The van der Waals surface area contributed by atoms with Crippen molar-refractivity contribution in [3.05, 3.63) is 6.42 Å². The van der Waals surface area contributed by atoms with Gasteiger partial charge in [0, 0.05) is 6.21 Å². The monoisotopic (exact) mass is 175 g/mol. The van der Waals surface area contributed by atoms with Crippen LogP contribution in [0, 0.1) is 12.3 Å². The Morgan fingerprint density at radius 3 is 2.60 bits per heavy atom. The predicted octanol–water partition coefficient (Wildman–Crippen LogP) is 1.02. The SMILES string of the molecule is CC1[CH-]C2(C)C=NC1O2.[V+2]. The largest absolute Gasteiger partial charge is 2.00 e. The molecule has 3 heteroatoms. The summed E-state index contributed by atoms with van der Waals surface area (Å²) in [6.07, 6.45) is 4.21. The van der Waals surface area contributed by atoms with Crippen LogP contribution in [0.3, 0.4) is 0 Å². The third-order valence-electron chi connectivity index (χ3n) is 1.90. The van der Waals surface area contributed by atoms with Crippen molar-refractivity contribution < 1.29 is 23.3 Å². The summed E-state index contributed by atoms with van der Waals surface area (Å²) in [7, 11) is 0. The zero-order valence-corrected chi connectivity index (χ0v) is 7.51. The van der Waals surface area contributed by atoms with E-state index in [2.05, 4.69) is 18.3 Å². The summed E-state index contributed by atoms with van der Waals surface area (Å²) in [6.45, 7) is 4.17. The van der Waals surface area contributed by atoms with Crippen molar-refractivity contribution in [2.24, 2.45) is 10.9 Å². The van der Waals surface area contributed by atoms with E-state index in [1.807, 2.05) is 13.1 Å². The minimum Gasteiger partial charge on any atom is -0.379 e. The van der Waals surface area contributed by atoms with E-state index in [0.29, 0.717) is 5.92 Å². The third-order valence-corrected chi connectivity index (χ3v) is 1.90. The Morgan fingerprint density at radius 2 is 2.40 bits per heavy atom. The van der Waals surface area contributed by atoms with Crippen LogP contribution in [0.15, 0.2) is 4.99 Å². The molecule has 2 aliphatic heterocycles. The summed E-state index contributed by atoms with van der Waals surface area (Å²) in [6, 6.07) is 0. The Kier molecular flexibility index (Phi) is 1.97. The Labute approximate surface area is 72.9 Å². The minimum atomic E-state index is -0.135. The average Bonchev–Trinajstić information content (AvgIpc) is 2.20. The Bertz CT molecular complexity index is 171. The molecule has 0 aromatic rings. The smallest absolute Gasteiger partial charge is 0.379 e. The molecule has 1 radical (unpaired) electrons. The van der Waals surface area contributed by atoms with E-state index < -0.39 is 0 Å². The topological polar surface area (TPSA) is 21.6 Å². The maximum absolute atomic E-state index is 5.49. The average molecular weight is 175 g/mol. The summed E-state index contributed by atoms with van der Waals surface area (Å²) in [5, 5.41) is 0. The molecule has 0 amide bonds. The van der Waals surface area contributed by atoms with Crippen molar-refractivity contribution in [3.8, 4) is 0 Å². The van der Waals surface area contributed by atoms with Crippen molar-refractivity contribution in [1.82, 2.24) is 0 Å². The zero-order chi connectivity index (χ0) is 6.48. The Hall–Kier alpha value is 0.214. The zero-order valence-electron chi connectivity index (χ0n) is 6.11. The van der Waals surface area contributed by atoms with Gasteiger partial charge in [0.05, 0.1) is 0 Å². The van der Waals surface area contributed by atoms with E-state index in [-0.39, 0.29) is 30.4 Å². The van der Waals surface area contributed by atoms with Crippen molar-refractivity contribution in [3.63, 3.8) is 0 Å². The molecule has 0 aliphatic carbocycles. The van der Waals surface area contributed by atoms with Crippen molar-refractivity contribution in [2.45, 2.75) is 25.7 Å². The van der Waals surface area contributed by atoms with E-state index in [1.165, 1.54) is 0 Å². The van der Waals surface area contributed by atoms with Gasteiger partial charge in [-0.15, -0.1) is 5.92 Å². The third kappa shape index (κ3) is 1.05.